The van der Waals surface area contributed by atoms with Gasteiger partial charge in [-0.05, 0) is 46.5 Å². The van der Waals surface area contributed by atoms with Gasteiger partial charge < -0.3 is 20.1 Å². The Kier molecular flexibility index (Phi) is 7.93. The molecule has 2 fully saturated rings. The first-order valence-corrected chi connectivity index (χ1v) is 11.2. The molecular weight excluding hydrogens is 460 g/mol. The number of amides is 2. The summed E-state index contributed by atoms with van der Waals surface area (Å²) in [5.74, 6) is 1.07. The zero-order valence-electron chi connectivity index (χ0n) is 16.1. The molecule has 2 aliphatic rings. The van der Waals surface area contributed by atoms with E-state index in [1.807, 2.05) is 0 Å². The van der Waals surface area contributed by atoms with Crippen LogP contribution < -0.4 is 20.1 Å². The second kappa shape index (κ2) is 10.6. The van der Waals surface area contributed by atoms with Crippen molar-refractivity contribution in [3.05, 3.63) is 22.2 Å². The van der Waals surface area contributed by atoms with Gasteiger partial charge in [0.15, 0.2) is 23.3 Å². The van der Waals surface area contributed by atoms with Crippen LogP contribution in [0.15, 0.2) is 26.8 Å². The molecule has 1 aliphatic carbocycles. The zero-order valence-corrected chi connectivity index (χ0v) is 18.5. The minimum absolute atomic E-state index is 0.0799. The van der Waals surface area contributed by atoms with Crippen LogP contribution in [-0.2, 0) is 9.59 Å². The summed E-state index contributed by atoms with van der Waals surface area (Å²) in [6.45, 7) is -0.0799. The zero-order chi connectivity index (χ0) is 20.6. The van der Waals surface area contributed by atoms with Crippen molar-refractivity contribution < 1.29 is 19.1 Å². The molecule has 2 N–H and O–H groups in total. The maximum absolute atomic E-state index is 12.2. The molecule has 1 heterocycles. The van der Waals surface area contributed by atoms with Gasteiger partial charge in [0.1, 0.15) is 0 Å². The molecule has 0 radical (unpaired) electrons. The van der Waals surface area contributed by atoms with Gasteiger partial charge in [0, 0.05) is 6.04 Å². The summed E-state index contributed by atoms with van der Waals surface area (Å²) >= 11 is 4.76. The van der Waals surface area contributed by atoms with Gasteiger partial charge in [-0.1, -0.05) is 31.0 Å². The fourth-order valence-electron chi connectivity index (χ4n) is 3.14. The summed E-state index contributed by atoms with van der Waals surface area (Å²) in [7, 11) is 1.53. The van der Waals surface area contributed by atoms with Crippen LogP contribution in [0.5, 0.6) is 11.5 Å². The molecule has 29 heavy (non-hydrogen) atoms. The largest absolute Gasteiger partial charge is 0.493 e. The first kappa shape index (κ1) is 21.6. The third-order valence-electron chi connectivity index (χ3n) is 4.51. The Bertz CT molecular complexity index is 825. The van der Waals surface area contributed by atoms with Crippen molar-refractivity contribution >= 4 is 50.9 Å². The minimum Gasteiger partial charge on any atom is -0.493 e. The molecule has 156 valence electrons. The highest BCUT2D eigenvalue weighted by molar-refractivity contribution is 9.10. The van der Waals surface area contributed by atoms with Crippen LogP contribution in [0.3, 0.4) is 0 Å². The van der Waals surface area contributed by atoms with Crippen molar-refractivity contribution in [3.8, 4) is 11.5 Å². The number of hydrogen-bond donors (Lipinski definition) is 2. The number of thioether (sulfide) groups is 1. The van der Waals surface area contributed by atoms with E-state index < -0.39 is 0 Å². The predicted octanol–water partition coefficient (Wildman–Crippen LogP) is 2.84. The van der Waals surface area contributed by atoms with Gasteiger partial charge in [-0.2, -0.15) is 5.10 Å². The lowest BCUT2D eigenvalue weighted by Gasteiger charge is -2.23. The number of amidine groups is 1. The second-order valence-corrected chi connectivity index (χ2v) is 8.53. The highest BCUT2D eigenvalue weighted by Gasteiger charge is 2.18. The highest BCUT2D eigenvalue weighted by atomic mass is 79.9. The maximum atomic E-state index is 12.2. The lowest BCUT2D eigenvalue weighted by molar-refractivity contribution is -0.124. The van der Waals surface area contributed by atoms with E-state index in [9.17, 15) is 9.59 Å². The molecule has 0 aromatic heterocycles. The van der Waals surface area contributed by atoms with Gasteiger partial charge in [0.25, 0.3) is 5.91 Å². The second-order valence-electron chi connectivity index (χ2n) is 6.71. The molecular formula is C19H23BrN4O4S. The van der Waals surface area contributed by atoms with Gasteiger partial charge in [0.2, 0.25) is 5.91 Å². The van der Waals surface area contributed by atoms with Crippen LogP contribution in [0.25, 0.3) is 0 Å². The fourth-order valence-corrected chi connectivity index (χ4v) is 4.34. The summed E-state index contributed by atoms with van der Waals surface area (Å²) in [6.07, 6.45) is 7.15. The number of nitrogens with zero attached hydrogens (tertiary/aromatic N) is 2. The van der Waals surface area contributed by atoms with Crippen LogP contribution >= 0.6 is 27.7 Å². The molecule has 8 nitrogen and oxygen atoms in total. The van der Waals surface area contributed by atoms with Crippen molar-refractivity contribution in [2.45, 2.75) is 38.1 Å². The topological polar surface area (TPSA) is 101 Å². The van der Waals surface area contributed by atoms with Crippen LogP contribution in [0.1, 0.15) is 37.7 Å². The van der Waals surface area contributed by atoms with Crippen molar-refractivity contribution in [2.24, 2.45) is 10.2 Å². The predicted molar refractivity (Wildman–Crippen MR) is 117 cm³/mol. The lowest BCUT2D eigenvalue weighted by Crippen LogP contribution is -2.39. The Morgan fingerprint density at radius 3 is 2.86 bits per heavy atom. The van der Waals surface area contributed by atoms with Gasteiger partial charge in [-0.25, -0.2) is 0 Å². The number of carbonyl (C=O) groups is 2. The molecule has 0 bridgehead atoms. The summed E-state index contributed by atoms with van der Waals surface area (Å²) in [6, 6.07) is 3.78. The molecule has 1 saturated heterocycles. The van der Waals surface area contributed by atoms with Crippen LogP contribution in [0, 0.1) is 0 Å². The first-order valence-electron chi connectivity index (χ1n) is 9.38. The Balaban J connectivity index is 1.60. The average molecular weight is 483 g/mol. The molecule has 10 heteroatoms. The molecule has 0 spiro atoms. The summed E-state index contributed by atoms with van der Waals surface area (Å²) in [5, 5.41) is 14.1. The van der Waals surface area contributed by atoms with Crippen LogP contribution in [-0.4, -0.2) is 48.7 Å². The van der Waals surface area contributed by atoms with E-state index in [0.29, 0.717) is 26.9 Å². The SMILES string of the molecule is COc1cc(C=NN=C2NC(=O)CS2)cc(Br)c1OCC(=O)NC1CCCCC1. The number of halogens is 1. The fraction of sp³-hybridized carbons (Fsp3) is 0.474. The maximum Gasteiger partial charge on any atom is 0.258 e. The monoisotopic (exact) mass is 482 g/mol. The van der Waals surface area contributed by atoms with E-state index in [0.717, 1.165) is 31.2 Å². The highest BCUT2D eigenvalue weighted by Crippen LogP contribution is 2.36. The third kappa shape index (κ3) is 6.46. The van der Waals surface area contributed by atoms with Gasteiger partial charge in [-0.15, -0.1) is 5.10 Å². The van der Waals surface area contributed by atoms with E-state index >= 15 is 0 Å². The van der Waals surface area contributed by atoms with Crippen molar-refractivity contribution in [3.63, 3.8) is 0 Å². The molecule has 0 unspecified atom stereocenters. The number of methoxy groups -OCH3 is 1. The smallest absolute Gasteiger partial charge is 0.258 e. The van der Waals surface area contributed by atoms with Crippen molar-refractivity contribution in [1.29, 1.82) is 0 Å². The van der Waals surface area contributed by atoms with Crippen LogP contribution in [0.4, 0.5) is 0 Å². The number of carbonyl (C=O) groups excluding carboxylic acids is 2. The number of nitrogens with one attached hydrogen (secondary N) is 2. The Morgan fingerprint density at radius 2 is 2.17 bits per heavy atom. The Hall–Kier alpha value is -2.07. The number of benzene rings is 1. The van der Waals surface area contributed by atoms with Gasteiger partial charge in [0.05, 0.1) is 23.5 Å². The van der Waals surface area contributed by atoms with E-state index in [1.165, 1.54) is 25.3 Å². The molecule has 2 amide bonds. The lowest BCUT2D eigenvalue weighted by atomic mass is 9.95. The molecule has 1 saturated carbocycles. The number of ether oxygens (including phenoxy) is 2. The minimum atomic E-state index is -0.136. The molecule has 1 aliphatic heterocycles. The third-order valence-corrected chi connectivity index (χ3v) is 5.96. The van der Waals surface area contributed by atoms with Crippen LogP contribution in [0.2, 0.25) is 0 Å². The molecule has 3 rings (SSSR count). The number of hydrogen-bond acceptors (Lipinski definition) is 7. The molecule has 1 aromatic rings. The number of rotatable bonds is 7. The summed E-state index contributed by atoms with van der Waals surface area (Å²) in [4.78, 5) is 23.3. The summed E-state index contributed by atoms with van der Waals surface area (Å²) < 4.78 is 11.7. The van der Waals surface area contributed by atoms with E-state index in [-0.39, 0.29) is 24.5 Å². The molecule has 0 atom stereocenters. The Morgan fingerprint density at radius 1 is 1.38 bits per heavy atom. The summed E-state index contributed by atoms with van der Waals surface area (Å²) in [5.41, 5.74) is 0.728. The standard InChI is InChI=1S/C19H23BrN4O4S/c1-27-15-8-12(9-21-24-19-23-17(26)11-29-19)7-14(20)18(15)28-10-16(25)22-13-5-3-2-4-6-13/h7-9,13H,2-6,10-11H2,1H3,(H,22,25)(H,23,24,26). The molecule has 1 aromatic carbocycles. The van der Waals surface area contributed by atoms with E-state index in [4.69, 9.17) is 9.47 Å². The average Bonchev–Trinajstić information content (AvgIpc) is 3.12. The van der Waals surface area contributed by atoms with E-state index in [2.05, 4.69) is 36.8 Å². The van der Waals surface area contributed by atoms with Crippen molar-refractivity contribution in [1.82, 2.24) is 10.6 Å². The van der Waals surface area contributed by atoms with Crippen molar-refractivity contribution in [2.75, 3.05) is 19.5 Å². The quantitative estimate of drug-likeness (QED) is 0.459. The van der Waals surface area contributed by atoms with E-state index in [1.54, 1.807) is 18.3 Å². The Labute approximate surface area is 182 Å². The van der Waals surface area contributed by atoms with Gasteiger partial charge in [-0.3, -0.25) is 9.59 Å². The normalized spacial score (nSPS) is 18.8. The van der Waals surface area contributed by atoms with Gasteiger partial charge >= 0.3 is 0 Å². The first-order chi connectivity index (χ1) is 14.0.